The summed E-state index contributed by atoms with van der Waals surface area (Å²) in [6, 6.07) is 11.2. The number of nitrogens with zero attached hydrogens (tertiary/aromatic N) is 2. The number of anilines is 2. The van der Waals surface area contributed by atoms with E-state index in [-0.39, 0.29) is 16.1 Å². The van der Waals surface area contributed by atoms with Crippen LogP contribution in [-0.4, -0.2) is 38.2 Å². The zero-order valence-electron chi connectivity index (χ0n) is 20.1. The molecule has 0 unspecified atom stereocenters. The summed E-state index contributed by atoms with van der Waals surface area (Å²) in [5, 5.41) is 13.4. The van der Waals surface area contributed by atoms with Gasteiger partial charge in [-0.1, -0.05) is 31.1 Å². The quantitative estimate of drug-likeness (QED) is 0.429. The number of sulfonamides is 1. The lowest BCUT2D eigenvalue weighted by Crippen LogP contribution is -2.23. The molecule has 34 heavy (non-hydrogen) atoms. The van der Waals surface area contributed by atoms with E-state index in [2.05, 4.69) is 23.7 Å². The Hall–Kier alpha value is -3.33. The van der Waals surface area contributed by atoms with Gasteiger partial charge >= 0.3 is 5.97 Å². The van der Waals surface area contributed by atoms with Gasteiger partial charge in [0, 0.05) is 19.2 Å². The van der Waals surface area contributed by atoms with Crippen LogP contribution in [0.4, 0.5) is 11.4 Å². The summed E-state index contributed by atoms with van der Waals surface area (Å²) in [7, 11) is -2.10. The lowest BCUT2D eigenvalue weighted by atomic mass is 10.0. The van der Waals surface area contributed by atoms with Gasteiger partial charge in [-0.2, -0.15) is 0 Å². The molecule has 0 fully saturated rings. The normalized spacial score (nSPS) is 11.6. The Morgan fingerprint density at radius 1 is 1.15 bits per heavy atom. The number of benzene rings is 2. The van der Waals surface area contributed by atoms with Crippen LogP contribution in [-0.2, 0) is 22.9 Å². The number of likely N-dealkylation sites (N-methyl/N-ethyl adjacent to an activating group) is 1. The van der Waals surface area contributed by atoms with Gasteiger partial charge in [-0.05, 0) is 68.5 Å². The van der Waals surface area contributed by atoms with Crippen molar-refractivity contribution in [1.82, 2.24) is 5.16 Å². The van der Waals surface area contributed by atoms with E-state index in [9.17, 15) is 18.3 Å². The number of hydrogen-bond donors (Lipinski definition) is 2. The van der Waals surface area contributed by atoms with Crippen molar-refractivity contribution in [2.24, 2.45) is 5.92 Å². The third-order valence-corrected chi connectivity index (χ3v) is 7.04. The molecule has 1 aromatic heterocycles. The largest absolute Gasteiger partial charge is 0.478 e. The maximum atomic E-state index is 13.1. The summed E-state index contributed by atoms with van der Waals surface area (Å²) in [5.41, 5.74) is 3.63. The van der Waals surface area contributed by atoms with Crippen LogP contribution in [0.25, 0.3) is 0 Å². The Kier molecular flexibility index (Phi) is 7.66. The van der Waals surface area contributed by atoms with E-state index in [1.165, 1.54) is 12.1 Å². The fourth-order valence-electron chi connectivity index (χ4n) is 3.82. The van der Waals surface area contributed by atoms with Crippen LogP contribution in [0.1, 0.15) is 46.8 Å². The topological polar surface area (TPSA) is 113 Å². The highest BCUT2D eigenvalue weighted by molar-refractivity contribution is 7.92. The lowest BCUT2D eigenvalue weighted by Gasteiger charge is -2.23. The minimum absolute atomic E-state index is 0.00662. The number of aromatic carboxylic acids is 1. The van der Waals surface area contributed by atoms with Crippen molar-refractivity contribution < 1.29 is 22.8 Å². The van der Waals surface area contributed by atoms with Crippen molar-refractivity contribution in [1.29, 1.82) is 0 Å². The van der Waals surface area contributed by atoms with Gasteiger partial charge in [-0.15, -0.1) is 0 Å². The second-order valence-electron chi connectivity index (χ2n) is 8.86. The van der Waals surface area contributed by atoms with Crippen molar-refractivity contribution in [2.45, 2.75) is 45.4 Å². The van der Waals surface area contributed by atoms with E-state index >= 15 is 0 Å². The molecule has 0 aliphatic carbocycles. The molecule has 0 amide bonds. The van der Waals surface area contributed by atoms with Gasteiger partial charge in [0.25, 0.3) is 10.0 Å². The molecule has 0 aliphatic heterocycles. The summed E-state index contributed by atoms with van der Waals surface area (Å²) in [4.78, 5) is 13.5. The Morgan fingerprint density at radius 2 is 1.82 bits per heavy atom. The number of carbonyl (C=O) groups is 1. The van der Waals surface area contributed by atoms with Crippen molar-refractivity contribution in [3.8, 4) is 0 Å². The molecule has 9 heteroatoms. The standard InChI is InChI=1S/C25H31N3O5S/c1-16(2)14-19-6-9-21(10-7-19)34(31,32)27-23-15-20(25(29)30)8-11-24(23)28(5)13-12-22-17(3)26-33-18(22)4/h6-11,15-16,27H,12-14H2,1-5H3,(H,29,30). The smallest absolute Gasteiger partial charge is 0.335 e. The second kappa shape index (κ2) is 10.3. The van der Waals surface area contributed by atoms with Gasteiger partial charge in [0.1, 0.15) is 5.76 Å². The maximum Gasteiger partial charge on any atom is 0.335 e. The average Bonchev–Trinajstić information content (AvgIpc) is 3.09. The van der Waals surface area contributed by atoms with E-state index in [1.54, 1.807) is 30.3 Å². The molecule has 3 rings (SSSR count). The highest BCUT2D eigenvalue weighted by atomic mass is 32.2. The number of carboxylic acids is 1. The molecule has 0 atom stereocenters. The number of carboxylic acid groups (broad SMARTS) is 1. The highest BCUT2D eigenvalue weighted by Crippen LogP contribution is 2.30. The van der Waals surface area contributed by atoms with Gasteiger partial charge in [0.15, 0.2) is 0 Å². The Bertz CT molecular complexity index is 1240. The average molecular weight is 486 g/mol. The fraction of sp³-hybridized carbons (Fsp3) is 0.360. The number of rotatable bonds is 10. The molecule has 0 aliphatic rings. The molecule has 3 aromatic rings. The summed E-state index contributed by atoms with van der Waals surface area (Å²) >= 11 is 0. The maximum absolute atomic E-state index is 13.1. The van der Waals surface area contributed by atoms with Crippen LogP contribution < -0.4 is 9.62 Å². The third-order valence-electron chi connectivity index (χ3n) is 5.66. The van der Waals surface area contributed by atoms with E-state index < -0.39 is 16.0 Å². The number of nitrogens with one attached hydrogen (secondary N) is 1. The third kappa shape index (κ3) is 5.96. The zero-order valence-corrected chi connectivity index (χ0v) is 20.9. The first-order valence-electron chi connectivity index (χ1n) is 11.1. The number of hydrogen-bond acceptors (Lipinski definition) is 6. The summed E-state index contributed by atoms with van der Waals surface area (Å²) < 4.78 is 34.1. The Morgan fingerprint density at radius 3 is 2.38 bits per heavy atom. The number of aryl methyl sites for hydroxylation is 2. The van der Waals surface area contributed by atoms with Gasteiger partial charge in [0.2, 0.25) is 0 Å². The minimum Gasteiger partial charge on any atom is -0.478 e. The first kappa shape index (κ1) is 25.3. The van der Waals surface area contributed by atoms with Crippen LogP contribution in [0, 0.1) is 19.8 Å². The predicted molar refractivity (Wildman–Crippen MR) is 132 cm³/mol. The zero-order chi connectivity index (χ0) is 25.0. The van der Waals surface area contributed by atoms with Gasteiger partial charge in [-0.3, -0.25) is 4.72 Å². The van der Waals surface area contributed by atoms with E-state index in [4.69, 9.17) is 4.52 Å². The molecule has 0 saturated heterocycles. The van der Waals surface area contributed by atoms with Gasteiger partial charge < -0.3 is 14.5 Å². The van der Waals surface area contributed by atoms with Crippen molar-refractivity contribution in [2.75, 3.05) is 23.2 Å². The van der Waals surface area contributed by atoms with Crippen molar-refractivity contribution >= 4 is 27.4 Å². The van der Waals surface area contributed by atoms with Gasteiger partial charge in [0.05, 0.1) is 27.5 Å². The van der Waals surface area contributed by atoms with Crippen molar-refractivity contribution in [3.63, 3.8) is 0 Å². The molecule has 0 spiro atoms. The van der Waals surface area contributed by atoms with Crippen LogP contribution in [0.2, 0.25) is 0 Å². The minimum atomic E-state index is -3.92. The fourth-order valence-corrected chi connectivity index (χ4v) is 4.89. The molecule has 0 radical (unpaired) electrons. The molecular formula is C25H31N3O5S. The molecule has 2 N–H and O–H groups in total. The first-order chi connectivity index (χ1) is 16.0. The van der Waals surface area contributed by atoms with Crippen LogP contribution in [0.15, 0.2) is 51.9 Å². The molecule has 182 valence electrons. The highest BCUT2D eigenvalue weighted by Gasteiger charge is 2.20. The van der Waals surface area contributed by atoms with Crippen LogP contribution in [0.3, 0.4) is 0 Å². The molecule has 2 aromatic carbocycles. The summed E-state index contributed by atoms with van der Waals surface area (Å²) in [6.07, 6.45) is 1.50. The van der Waals surface area contributed by atoms with Crippen LogP contribution in [0.5, 0.6) is 0 Å². The predicted octanol–water partition coefficient (Wildman–Crippen LogP) is 4.67. The Balaban J connectivity index is 1.88. The summed E-state index contributed by atoms with van der Waals surface area (Å²) in [6.45, 7) is 8.48. The van der Waals surface area contributed by atoms with E-state index in [0.717, 1.165) is 29.0 Å². The molecular weight excluding hydrogens is 454 g/mol. The van der Waals surface area contributed by atoms with E-state index in [1.807, 2.05) is 25.8 Å². The number of aromatic nitrogens is 1. The lowest BCUT2D eigenvalue weighted by molar-refractivity contribution is 0.0697. The molecule has 0 saturated carbocycles. The Labute approximate surface area is 200 Å². The van der Waals surface area contributed by atoms with E-state index in [0.29, 0.717) is 24.6 Å². The van der Waals surface area contributed by atoms with Crippen molar-refractivity contribution in [3.05, 3.63) is 70.6 Å². The van der Waals surface area contributed by atoms with Crippen LogP contribution >= 0.6 is 0 Å². The molecule has 8 nitrogen and oxygen atoms in total. The molecule has 1 heterocycles. The first-order valence-corrected chi connectivity index (χ1v) is 12.6. The second-order valence-corrected chi connectivity index (χ2v) is 10.5. The summed E-state index contributed by atoms with van der Waals surface area (Å²) in [5.74, 6) is 0.0696. The molecule has 0 bridgehead atoms. The monoisotopic (exact) mass is 485 g/mol. The van der Waals surface area contributed by atoms with Gasteiger partial charge in [-0.25, -0.2) is 13.2 Å². The SMILES string of the molecule is Cc1noc(C)c1CCN(C)c1ccc(C(=O)O)cc1NS(=O)(=O)c1ccc(CC(C)C)cc1.